The number of benzene rings is 2. The van der Waals surface area contributed by atoms with Crippen molar-refractivity contribution in [1.29, 1.82) is 0 Å². The van der Waals surface area contributed by atoms with E-state index in [2.05, 4.69) is 15.3 Å². The quantitative estimate of drug-likeness (QED) is 0.539. The molecule has 0 atom stereocenters. The number of aromatic nitrogens is 3. The molecule has 4 rings (SSSR count). The Kier molecular flexibility index (Phi) is 4.04. The second kappa shape index (κ2) is 6.49. The molecule has 0 saturated carbocycles. The van der Waals surface area contributed by atoms with Gasteiger partial charge in [0.25, 0.3) is 0 Å². The van der Waals surface area contributed by atoms with Crippen LogP contribution in [-0.2, 0) is 0 Å². The fourth-order valence-electron chi connectivity index (χ4n) is 2.69. The van der Waals surface area contributed by atoms with Gasteiger partial charge in [-0.2, -0.15) is 0 Å². The van der Waals surface area contributed by atoms with E-state index in [-0.39, 0.29) is 0 Å². The number of anilines is 2. The summed E-state index contributed by atoms with van der Waals surface area (Å²) in [7, 11) is 0. The minimum atomic E-state index is 0.640. The van der Waals surface area contributed by atoms with Gasteiger partial charge in [0.05, 0.1) is 5.52 Å². The number of hydrogen-bond donors (Lipinski definition) is 1. The molecule has 122 valence electrons. The van der Waals surface area contributed by atoms with Crippen LogP contribution in [0.4, 0.5) is 11.5 Å². The van der Waals surface area contributed by atoms with Crippen molar-refractivity contribution in [3.8, 4) is 11.4 Å². The third kappa shape index (κ3) is 3.16. The number of pyridine rings is 1. The van der Waals surface area contributed by atoms with Crippen LogP contribution in [0.25, 0.3) is 22.3 Å². The van der Waals surface area contributed by atoms with Gasteiger partial charge in [-0.05, 0) is 55.0 Å². The number of halogens is 1. The largest absolute Gasteiger partial charge is 0.339 e. The minimum absolute atomic E-state index is 0.640. The summed E-state index contributed by atoms with van der Waals surface area (Å²) in [5, 5.41) is 5.10. The average molecular weight is 347 g/mol. The zero-order valence-corrected chi connectivity index (χ0v) is 14.3. The molecular weight excluding hydrogens is 332 g/mol. The van der Waals surface area contributed by atoms with Crippen molar-refractivity contribution in [2.45, 2.75) is 6.92 Å². The van der Waals surface area contributed by atoms with Crippen LogP contribution in [0, 0.1) is 6.92 Å². The first kappa shape index (κ1) is 15.5. The maximum Gasteiger partial charge on any atom is 0.163 e. The lowest BCUT2D eigenvalue weighted by atomic mass is 10.1. The van der Waals surface area contributed by atoms with E-state index in [9.17, 15) is 0 Å². The highest BCUT2D eigenvalue weighted by Gasteiger charge is 2.10. The zero-order valence-electron chi connectivity index (χ0n) is 13.6. The van der Waals surface area contributed by atoms with Crippen molar-refractivity contribution in [1.82, 2.24) is 15.0 Å². The van der Waals surface area contributed by atoms with E-state index in [4.69, 9.17) is 16.6 Å². The predicted molar refractivity (Wildman–Crippen MR) is 102 cm³/mol. The van der Waals surface area contributed by atoms with Crippen LogP contribution in [-0.4, -0.2) is 15.0 Å². The van der Waals surface area contributed by atoms with E-state index in [1.54, 1.807) is 12.4 Å². The molecule has 0 aliphatic heterocycles. The smallest absolute Gasteiger partial charge is 0.163 e. The van der Waals surface area contributed by atoms with Crippen LogP contribution >= 0.6 is 11.6 Å². The van der Waals surface area contributed by atoms with Gasteiger partial charge in [0.15, 0.2) is 5.82 Å². The second-order valence-corrected chi connectivity index (χ2v) is 6.18. The Bertz CT molecular complexity index is 1050. The van der Waals surface area contributed by atoms with Crippen molar-refractivity contribution >= 4 is 34.0 Å². The Morgan fingerprint density at radius 3 is 2.64 bits per heavy atom. The van der Waals surface area contributed by atoms with Crippen LogP contribution in [0.5, 0.6) is 0 Å². The molecule has 4 nitrogen and oxygen atoms in total. The molecule has 25 heavy (non-hydrogen) atoms. The number of rotatable bonds is 3. The number of para-hydroxylation sites is 1. The number of hydrogen-bond acceptors (Lipinski definition) is 4. The molecule has 0 aliphatic rings. The lowest BCUT2D eigenvalue weighted by Gasteiger charge is -2.13. The van der Waals surface area contributed by atoms with Gasteiger partial charge in [0.2, 0.25) is 0 Å². The summed E-state index contributed by atoms with van der Waals surface area (Å²) in [6.07, 6.45) is 3.50. The Morgan fingerprint density at radius 2 is 1.84 bits per heavy atom. The second-order valence-electron chi connectivity index (χ2n) is 5.74. The molecule has 2 aromatic heterocycles. The lowest BCUT2D eigenvalue weighted by Crippen LogP contribution is -2.00. The van der Waals surface area contributed by atoms with Crippen molar-refractivity contribution < 1.29 is 0 Å². The topological polar surface area (TPSA) is 50.7 Å². The summed E-state index contributed by atoms with van der Waals surface area (Å²) in [4.78, 5) is 13.6. The fraction of sp³-hybridized carbons (Fsp3) is 0.0500. The molecule has 0 aliphatic carbocycles. The summed E-state index contributed by atoms with van der Waals surface area (Å²) in [5.41, 5.74) is 3.78. The zero-order chi connectivity index (χ0) is 17.2. The van der Waals surface area contributed by atoms with E-state index in [0.29, 0.717) is 10.8 Å². The highest BCUT2D eigenvalue weighted by Crippen LogP contribution is 2.29. The van der Waals surface area contributed by atoms with Gasteiger partial charge in [0, 0.05) is 34.1 Å². The standard InChI is InChI=1S/C20H15ClN4/c1-13-11-15(21)8-9-17(13)23-20-16-6-2-3-7-18(16)24-19(25-20)14-5-4-10-22-12-14/h2-12H,1H3,(H,23,24,25). The first-order valence-electron chi connectivity index (χ1n) is 7.91. The third-order valence-electron chi connectivity index (χ3n) is 3.96. The van der Waals surface area contributed by atoms with E-state index >= 15 is 0 Å². The summed E-state index contributed by atoms with van der Waals surface area (Å²) in [6, 6.07) is 17.5. The van der Waals surface area contributed by atoms with Gasteiger partial charge in [0.1, 0.15) is 5.82 Å². The molecule has 0 spiro atoms. The molecule has 2 aromatic carbocycles. The minimum Gasteiger partial charge on any atom is -0.339 e. The van der Waals surface area contributed by atoms with Crippen LogP contribution in [0.15, 0.2) is 67.0 Å². The number of aryl methyl sites for hydroxylation is 1. The van der Waals surface area contributed by atoms with Crippen molar-refractivity contribution in [3.63, 3.8) is 0 Å². The van der Waals surface area contributed by atoms with Crippen molar-refractivity contribution in [2.24, 2.45) is 0 Å². The molecule has 1 N–H and O–H groups in total. The highest BCUT2D eigenvalue weighted by molar-refractivity contribution is 6.30. The SMILES string of the molecule is Cc1cc(Cl)ccc1Nc1nc(-c2cccnc2)nc2ccccc12. The highest BCUT2D eigenvalue weighted by atomic mass is 35.5. The maximum absolute atomic E-state index is 6.06. The van der Waals surface area contributed by atoms with Crippen molar-refractivity contribution in [2.75, 3.05) is 5.32 Å². The Labute approximate surface area is 150 Å². The van der Waals surface area contributed by atoms with Crippen LogP contribution in [0.2, 0.25) is 5.02 Å². The van der Waals surface area contributed by atoms with Gasteiger partial charge in [-0.25, -0.2) is 9.97 Å². The predicted octanol–water partition coefficient (Wildman–Crippen LogP) is 5.40. The Hall–Kier alpha value is -2.98. The maximum atomic E-state index is 6.06. The number of nitrogens with one attached hydrogen (secondary N) is 1. The average Bonchev–Trinajstić information content (AvgIpc) is 2.64. The van der Waals surface area contributed by atoms with Gasteiger partial charge in [-0.15, -0.1) is 0 Å². The van der Waals surface area contributed by atoms with E-state index in [1.807, 2.05) is 61.5 Å². The molecule has 4 aromatic rings. The summed E-state index contributed by atoms with van der Waals surface area (Å²) < 4.78 is 0. The van der Waals surface area contributed by atoms with E-state index in [1.165, 1.54) is 0 Å². The molecular formula is C20H15ClN4. The van der Waals surface area contributed by atoms with Crippen LogP contribution in [0.1, 0.15) is 5.56 Å². The van der Waals surface area contributed by atoms with Crippen LogP contribution in [0.3, 0.4) is 0 Å². The van der Waals surface area contributed by atoms with Crippen LogP contribution < -0.4 is 5.32 Å². The van der Waals surface area contributed by atoms with Crippen molar-refractivity contribution in [3.05, 3.63) is 77.6 Å². The number of nitrogens with zero attached hydrogens (tertiary/aromatic N) is 3. The first-order valence-corrected chi connectivity index (χ1v) is 8.29. The first-order chi connectivity index (χ1) is 12.2. The number of fused-ring (bicyclic) bond motifs is 1. The lowest BCUT2D eigenvalue weighted by molar-refractivity contribution is 1.20. The molecule has 2 heterocycles. The van der Waals surface area contributed by atoms with Gasteiger partial charge < -0.3 is 5.32 Å². The summed E-state index contributed by atoms with van der Waals surface area (Å²) in [6.45, 7) is 2.01. The molecule has 0 unspecified atom stereocenters. The van der Waals surface area contributed by atoms with E-state index < -0.39 is 0 Å². The Balaban J connectivity index is 1.86. The molecule has 0 saturated heterocycles. The molecule has 0 radical (unpaired) electrons. The molecule has 0 fully saturated rings. The van der Waals surface area contributed by atoms with E-state index in [0.717, 1.165) is 33.5 Å². The Morgan fingerprint density at radius 1 is 0.960 bits per heavy atom. The molecule has 0 amide bonds. The monoisotopic (exact) mass is 346 g/mol. The van der Waals surface area contributed by atoms with Gasteiger partial charge in [-0.3, -0.25) is 4.98 Å². The fourth-order valence-corrected chi connectivity index (χ4v) is 2.92. The van der Waals surface area contributed by atoms with Gasteiger partial charge >= 0.3 is 0 Å². The summed E-state index contributed by atoms with van der Waals surface area (Å²) in [5.74, 6) is 1.40. The van der Waals surface area contributed by atoms with Gasteiger partial charge in [-0.1, -0.05) is 23.7 Å². The normalized spacial score (nSPS) is 10.8. The molecule has 5 heteroatoms. The molecule has 0 bridgehead atoms. The third-order valence-corrected chi connectivity index (χ3v) is 4.20. The summed E-state index contributed by atoms with van der Waals surface area (Å²) >= 11 is 6.06.